The highest BCUT2D eigenvalue weighted by Gasteiger charge is 2.66. The molecule has 30 heavy (non-hydrogen) atoms. The molecule has 0 radical (unpaired) electrons. The summed E-state index contributed by atoms with van der Waals surface area (Å²) in [5.74, 6) is 4.68. The molecule has 176 valence electrons. The first-order valence-electron chi connectivity index (χ1n) is 13.5. The maximum Gasteiger partial charge on any atom is 0.0618 e. The first-order chi connectivity index (χ1) is 14.2. The van der Waals surface area contributed by atoms with E-state index in [-0.39, 0.29) is 2.85 Å². The molecule has 5 aliphatic rings. The van der Waals surface area contributed by atoms with Crippen molar-refractivity contribution in [3.05, 3.63) is 0 Å². The molecule has 4 saturated carbocycles. The Morgan fingerprint density at radius 1 is 1.03 bits per heavy atom. The van der Waals surface area contributed by atoms with Crippen molar-refractivity contribution >= 4 is 0 Å². The number of ether oxygens (including phenoxy) is 1. The minimum Gasteiger partial charge on any atom is -0.396 e. The van der Waals surface area contributed by atoms with Crippen LogP contribution < -0.4 is 0 Å². The molecule has 0 aromatic carbocycles. The van der Waals surface area contributed by atoms with Gasteiger partial charge in [-0.05, 0) is 110 Å². The first-order valence-corrected chi connectivity index (χ1v) is 13.5. The van der Waals surface area contributed by atoms with E-state index < -0.39 is 0 Å². The second-order valence-corrected chi connectivity index (χ2v) is 13.3. The molecule has 0 bridgehead atoms. The van der Waals surface area contributed by atoms with Crippen LogP contribution in [0.15, 0.2) is 0 Å². The average Bonchev–Trinajstić information content (AvgIpc) is 3.20. The maximum atomic E-state index is 9.42. The molecule has 4 aliphatic carbocycles. The average molecular weight is 421 g/mol. The Morgan fingerprint density at radius 2 is 1.80 bits per heavy atom. The zero-order valence-corrected chi connectivity index (χ0v) is 20.5. The number of aliphatic hydroxyl groups excluding tert-OH is 1. The van der Waals surface area contributed by atoms with Crippen LogP contribution in [0, 0.1) is 51.8 Å². The van der Waals surface area contributed by atoms with Gasteiger partial charge in [0.2, 0.25) is 0 Å². The monoisotopic (exact) mass is 420 g/mol. The first kappa shape index (κ1) is 21.7. The van der Waals surface area contributed by atoms with Gasteiger partial charge >= 0.3 is 0 Å². The van der Waals surface area contributed by atoms with Crippen molar-refractivity contribution in [2.45, 2.75) is 117 Å². The van der Waals surface area contributed by atoms with Crippen molar-refractivity contribution in [3.8, 4) is 0 Å². The Morgan fingerprint density at radius 3 is 2.57 bits per heavy atom. The summed E-state index contributed by atoms with van der Waals surface area (Å²) in [6, 6.07) is 0. The fourth-order valence-electron chi connectivity index (χ4n) is 10.2. The minimum absolute atomic E-state index is 0. The lowest BCUT2D eigenvalue weighted by molar-refractivity contribution is -0.154. The van der Waals surface area contributed by atoms with Gasteiger partial charge in [0.25, 0.3) is 0 Å². The zero-order valence-electron chi connectivity index (χ0n) is 20.5. The summed E-state index contributed by atoms with van der Waals surface area (Å²) in [7, 11) is 0. The molecule has 5 fully saturated rings. The quantitative estimate of drug-likeness (QED) is 0.515. The second-order valence-electron chi connectivity index (χ2n) is 13.3. The van der Waals surface area contributed by atoms with E-state index in [9.17, 15) is 5.11 Å². The lowest BCUT2D eigenvalue weighted by atomic mass is 9.40. The van der Waals surface area contributed by atoms with Gasteiger partial charge in [0.05, 0.1) is 12.2 Å². The molecule has 0 aromatic heterocycles. The van der Waals surface area contributed by atoms with Gasteiger partial charge in [-0.15, -0.1) is 0 Å². The molecule has 0 spiro atoms. The Balaban J connectivity index is 0.00000144. The Bertz CT molecular complexity index is 657. The van der Waals surface area contributed by atoms with Gasteiger partial charge in [0.1, 0.15) is 0 Å². The van der Waals surface area contributed by atoms with Crippen LogP contribution in [0.1, 0.15) is 108 Å². The normalized spacial score (nSPS) is 56.0. The van der Waals surface area contributed by atoms with Gasteiger partial charge in [0, 0.05) is 9.46 Å². The molecule has 2 nitrogen and oxygen atoms in total. The summed E-state index contributed by atoms with van der Waals surface area (Å²) >= 11 is 0. The van der Waals surface area contributed by atoms with E-state index in [0.29, 0.717) is 46.9 Å². The molecule has 2 unspecified atom stereocenters. The summed E-state index contributed by atoms with van der Waals surface area (Å²) in [5.41, 5.74) is 1.69. The van der Waals surface area contributed by atoms with Crippen molar-refractivity contribution in [2.24, 2.45) is 51.8 Å². The van der Waals surface area contributed by atoms with Gasteiger partial charge in [-0.2, -0.15) is 0 Å². The topological polar surface area (TPSA) is 29.5 Å². The Kier molecular flexibility index (Phi) is 5.42. The molecule has 0 aromatic rings. The Labute approximate surface area is 188 Å². The van der Waals surface area contributed by atoms with Crippen LogP contribution in [-0.4, -0.2) is 23.9 Å². The second kappa shape index (κ2) is 7.47. The van der Waals surface area contributed by atoms with Crippen molar-refractivity contribution in [3.63, 3.8) is 0 Å². The largest absolute Gasteiger partial charge is 0.396 e. The predicted molar refractivity (Wildman–Crippen MR) is 127 cm³/mol. The molecule has 0 amide bonds. The molecule has 1 aliphatic heterocycles. The van der Waals surface area contributed by atoms with Gasteiger partial charge < -0.3 is 9.84 Å². The van der Waals surface area contributed by atoms with Crippen LogP contribution in [0.3, 0.4) is 0 Å². The van der Waals surface area contributed by atoms with Crippen molar-refractivity contribution in [1.82, 2.24) is 0 Å². The van der Waals surface area contributed by atoms with Crippen molar-refractivity contribution < 1.29 is 12.7 Å². The van der Waals surface area contributed by atoms with Crippen LogP contribution in [-0.2, 0) is 4.74 Å². The summed E-state index contributed by atoms with van der Waals surface area (Å²) in [5, 5.41) is 9.42. The number of fused-ring (bicyclic) bond motifs is 7. The van der Waals surface area contributed by atoms with Crippen molar-refractivity contribution in [2.75, 3.05) is 6.61 Å². The standard InChI is InChI=1S/C28H48O2.2H2/c1-18(17-29)8-9-23-19(2)25-24(30-23)16-22-20-10-14-26(3)12-6-7-13-28(26,5)21(20)11-15-27(22,25)4;;/h18-25,29H,6-17H2,1-5H3;2*1H/t18-,19+,20+,21-,22-,23+,24?,25?,26-,27-,28+;;/m0../s1. The molecule has 1 N–H and O–H groups in total. The van der Waals surface area contributed by atoms with E-state index in [2.05, 4.69) is 34.6 Å². The molecular weight excluding hydrogens is 368 g/mol. The third kappa shape index (κ3) is 2.94. The van der Waals surface area contributed by atoms with Gasteiger partial charge in [-0.25, -0.2) is 0 Å². The molecular formula is C28H52O2. The van der Waals surface area contributed by atoms with Gasteiger partial charge in [-0.3, -0.25) is 0 Å². The van der Waals surface area contributed by atoms with Crippen molar-refractivity contribution in [1.29, 1.82) is 0 Å². The Hall–Kier alpha value is -0.0800. The fourth-order valence-corrected chi connectivity index (χ4v) is 10.2. The maximum absolute atomic E-state index is 9.42. The summed E-state index contributed by atoms with van der Waals surface area (Å²) in [6.45, 7) is 13.0. The van der Waals surface area contributed by atoms with Crippen LogP contribution in [0.5, 0.6) is 0 Å². The minimum atomic E-state index is 0. The van der Waals surface area contributed by atoms with Crippen LogP contribution in [0.4, 0.5) is 0 Å². The zero-order chi connectivity index (χ0) is 21.3. The smallest absolute Gasteiger partial charge is 0.0618 e. The van der Waals surface area contributed by atoms with E-state index in [4.69, 9.17) is 4.74 Å². The summed E-state index contributed by atoms with van der Waals surface area (Å²) in [4.78, 5) is 0. The van der Waals surface area contributed by atoms with E-state index in [1.54, 1.807) is 0 Å². The third-order valence-corrected chi connectivity index (χ3v) is 12.2. The van der Waals surface area contributed by atoms with E-state index in [1.165, 1.54) is 57.8 Å². The number of aliphatic hydroxyl groups is 1. The number of hydrogen-bond donors (Lipinski definition) is 1. The lowest BCUT2D eigenvalue weighted by Gasteiger charge is -2.64. The van der Waals surface area contributed by atoms with Crippen LogP contribution in [0.2, 0.25) is 0 Å². The highest BCUT2D eigenvalue weighted by atomic mass is 16.5. The molecule has 1 saturated heterocycles. The van der Waals surface area contributed by atoms with Gasteiger partial charge in [-0.1, -0.05) is 47.5 Å². The van der Waals surface area contributed by atoms with E-state index in [0.717, 1.165) is 36.5 Å². The summed E-state index contributed by atoms with van der Waals surface area (Å²) < 4.78 is 6.80. The molecule has 1 heterocycles. The lowest BCUT2D eigenvalue weighted by Crippen LogP contribution is -2.57. The number of hydrogen-bond acceptors (Lipinski definition) is 2. The van der Waals surface area contributed by atoms with Crippen LogP contribution >= 0.6 is 0 Å². The number of rotatable bonds is 4. The fraction of sp³-hybridized carbons (Fsp3) is 1.00. The third-order valence-electron chi connectivity index (χ3n) is 12.2. The highest BCUT2D eigenvalue weighted by molar-refractivity contribution is 5.15. The molecule has 5 rings (SSSR count). The predicted octanol–water partition coefficient (Wildman–Crippen LogP) is 7.34. The van der Waals surface area contributed by atoms with Crippen LogP contribution in [0.25, 0.3) is 0 Å². The molecule has 11 atom stereocenters. The van der Waals surface area contributed by atoms with Gasteiger partial charge in [0.15, 0.2) is 0 Å². The van der Waals surface area contributed by atoms with E-state index in [1.807, 2.05) is 0 Å². The highest BCUT2D eigenvalue weighted by Crippen LogP contribution is 2.72. The summed E-state index contributed by atoms with van der Waals surface area (Å²) in [6.07, 6.45) is 16.3. The SMILES string of the molecule is C[C@H](CO)CC[C@H]1OC2C[C@H]3[C@@H]4CC[C@]5(C)CCCC[C@]5(C)[C@H]4CC[C@]3(C)C2[C@@H]1C.[HH].[HH]. The van der Waals surface area contributed by atoms with E-state index >= 15 is 0 Å². The molecule has 2 heteroatoms.